The van der Waals surface area contributed by atoms with Gasteiger partial charge in [0.15, 0.2) is 5.82 Å². The lowest BCUT2D eigenvalue weighted by molar-refractivity contribution is -0.187. The number of alkyl halides is 2. The van der Waals surface area contributed by atoms with Gasteiger partial charge in [-0.05, 0) is 55.7 Å². The smallest absolute Gasteiger partial charge is 0.352 e. The predicted octanol–water partition coefficient (Wildman–Crippen LogP) is 3.50. The molecule has 2 amide bonds. The van der Waals surface area contributed by atoms with Crippen molar-refractivity contribution in [2.75, 3.05) is 10.6 Å². The van der Waals surface area contributed by atoms with Gasteiger partial charge in [-0.3, -0.25) is 9.59 Å². The first-order chi connectivity index (χ1) is 17.9. The van der Waals surface area contributed by atoms with Gasteiger partial charge in [-0.1, -0.05) is 11.6 Å². The van der Waals surface area contributed by atoms with Crippen molar-refractivity contribution in [1.29, 1.82) is 0 Å². The van der Waals surface area contributed by atoms with E-state index in [-0.39, 0.29) is 41.4 Å². The summed E-state index contributed by atoms with van der Waals surface area (Å²) in [4.78, 5) is 31.0. The van der Waals surface area contributed by atoms with Crippen LogP contribution in [0.15, 0.2) is 30.7 Å². The minimum Gasteiger partial charge on any atom is -0.383 e. The number of carbonyl (C=O) groups is 2. The minimum atomic E-state index is -4.04. The topological polar surface area (TPSA) is 127 Å². The number of carbonyl (C=O) groups excluding carboxylic acids is 2. The zero-order chi connectivity index (χ0) is 27.4. The lowest BCUT2D eigenvalue weighted by Crippen LogP contribution is -2.54. The largest absolute Gasteiger partial charge is 0.383 e. The number of nitrogens with one attached hydrogen (secondary N) is 2. The first-order valence-corrected chi connectivity index (χ1v) is 12.3. The van der Waals surface area contributed by atoms with Gasteiger partial charge in [0.2, 0.25) is 0 Å². The Bertz CT molecular complexity index is 1390. The summed E-state index contributed by atoms with van der Waals surface area (Å²) >= 11 is 5.81. The molecule has 1 aromatic carbocycles. The van der Waals surface area contributed by atoms with Crippen LogP contribution in [-0.2, 0) is 18.9 Å². The number of imidazole rings is 1. The number of fused-ring (bicyclic) bond motifs is 1. The van der Waals surface area contributed by atoms with E-state index in [1.54, 1.807) is 11.6 Å². The lowest BCUT2D eigenvalue weighted by Gasteiger charge is -2.32. The first kappa shape index (κ1) is 26.2. The summed E-state index contributed by atoms with van der Waals surface area (Å²) in [6, 6.07) is 3.83. The van der Waals surface area contributed by atoms with Crippen molar-refractivity contribution in [2.24, 2.45) is 25.9 Å². The maximum atomic E-state index is 15.1. The Morgan fingerprint density at radius 1 is 1.18 bits per heavy atom. The molecule has 2 aromatic heterocycles. The van der Waals surface area contributed by atoms with E-state index in [4.69, 9.17) is 11.6 Å². The van der Waals surface area contributed by atoms with Crippen LogP contribution in [0, 0.1) is 17.7 Å². The summed E-state index contributed by atoms with van der Waals surface area (Å²) in [5, 5.41) is 23.0. The van der Waals surface area contributed by atoms with E-state index in [9.17, 15) is 19.1 Å². The monoisotopic (exact) mass is 551 g/mol. The average molecular weight is 552 g/mol. The molecule has 2 aliphatic rings. The Hall–Kier alpha value is -3.45. The van der Waals surface area contributed by atoms with Crippen LogP contribution in [0.2, 0.25) is 5.02 Å². The van der Waals surface area contributed by atoms with Crippen LogP contribution >= 0.6 is 11.6 Å². The number of anilines is 2. The van der Waals surface area contributed by atoms with Crippen molar-refractivity contribution in [3.63, 3.8) is 0 Å². The maximum Gasteiger partial charge on any atom is 0.352 e. The van der Waals surface area contributed by atoms with Gasteiger partial charge >= 0.3 is 5.92 Å². The molecule has 202 valence electrons. The summed E-state index contributed by atoms with van der Waals surface area (Å²) in [7, 11) is 3.14. The van der Waals surface area contributed by atoms with Crippen molar-refractivity contribution in [1.82, 2.24) is 24.5 Å². The van der Waals surface area contributed by atoms with Crippen LogP contribution in [0.3, 0.4) is 0 Å². The molecular formula is C24H25ClF3N7O3. The number of aromatic nitrogens is 5. The van der Waals surface area contributed by atoms with E-state index in [1.807, 2.05) is 5.32 Å². The van der Waals surface area contributed by atoms with Gasteiger partial charge in [0.1, 0.15) is 17.1 Å². The van der Waals surface area contributed by atoms with E-state index >= 15 is 8.78 Å². The number of benzene rings is 1. The van der Waals surface area contributed by atoms with E-state index in [0.29, 0.717) is 29.9 Å². The van der Waals surface area contributed by atoms with Gasteiger partial charge in [-0.15, -0.1) is 5.10 Å². The third kappa shape index (κ3) is 4.53. The molecule has 2 unspecified atom stereocenters. The number of rotatable bonds is 6. The molecule has 0 saturated heterocycles. The molecule has 2 fully saturated rings. The van der Waals surface area contributed by atoms with Gasteiger partial charge in [-0.2, -0.15) is 18.7 Å². The fraction of sp³-hybridized carbons (Fsp3) is 0.458. The molecule has 3 aromatic rings. The fourth-order valence-corrected chi connectivity index (χ4v) is 5.92. The molecule has 10 nitrogen and oxygen atoms in total. The highest BCUT2D eigenvalue weighted by Gasteiger charge is 2.64. The lowest BCUT2D eigenvalue weighted by atomic mass is 9.87. The minimum absolute atomic E-state index is 0.133. The zero-order valence-corrected chi connectivity index (χ0v) is 21.2. The molecule has 0 aliphatic heterocycles. The van der Waals surface area contributed by atoms with Crippen molar-refractivity contribution >= 4 is 34.9 Å². The van der Waals surface area contributed by atoms with Crippen LogP contribution in [0.5, 0.6) is 0 Å². The summed E-state index contributed by atoms with van der Waals surface area (Å²) in [6.07, 6.45) is 2.95. The summed E-state index contributed by atoms with van der Waals surface area (Å²) in [6.45, 7) is 0. The molecule has 2 heterocycles. The van der Waals surface area contributed by atoms with E-state index in [2.05, 4.69) is 20.5 Å². The molecule has 0 bridgehead atoms. The van der Waals surface area contributed by atoms with Crippen molar-refractivity contribution in [3.8, 4) is 0 Å². The van der Waals surface area contributed by atoms with Gasteiger partial charge in [0.25, 0.3) is 11.8 Å². The highest BCUT2D eigenvalue weighted by molar-refractivity contribution is 6.31. The highest BCUT2D eigenvalue weighted by Crippen LogP contribution is 2.57. The van der Waals surface area contributed by atoms with E-state index in [1.165, 1.54) is 25.5 Å². The van der Waals surface area contributed by atoms with Gasteiger partial charge in [0, 0.05) is 25.7 Å². The van der Waals surface area contributed by atoms with Gasteiger partial charge < -0.3 is 20.3 Å². The van der Waals surface area contributed by atoms with Crippen molar-refractivity contribution in [3.05, 3.63) is 53.0 Å². The Morgan fingerprint density at radius 3 is 2.47 bits per heavy atom. The second-order valence-corrected chi connectivity index (χ2v) is 10.5. The number of nitrogens with zero attached hydrogens (tertiary/aromatic N) is 5. The van der Waals surface area contributed by atoms with Crippen LogP contribution in [0.25, 0.3) is 0 Å². The average Bonchev–Trinajstić information content (AvgIpc) is 3.59. The molecule has 2 aliphatic carbocycles. The Labute approximate surface area is 220 Å². The van der Waals surface area contributed by atoms with Crippen LogP contribution in [0.4, 0.5) is 24.7 Å². The Morgan fingerprint density at radius 2 is 1.87 bits per heavy atom. The quantitative estimate of drug-likeness (QED) is 0.430. The molecule has 14 heteroatoms. The Kier molecular flexibility index (Phi) is 6.46. The third-order valence-electron chi connectivity index (χ3n) is 7.50. The van der Waals surface area contributed by atoms with E-state index in [0.717, 1.165) is 17.1 Å². The SMILES string of the molecule is Cn1ncc(NC(=O)C(F)(F)C2(O)CC3CC(c4ncn(C)c4C(=O)Nc4ccc(F)c(Cl)c4)CC3C2)n1. The second kappa shape index (κ2) is 9.38. The van der Waals surface area contributed by atoms with E-state index < -0.39 is 29.2 Å². The molecule has 2 saturated carbocycles. The summed E-state index contributed by atoms with van der Waals surface area (Å²) < 4.78 is 45.3. The summed E-state index contributed by atoms with van der Waals surface area (Å²) in [5.74, 6) is -7.66. The molecule has 5 rings (SSSR count). The molecule has 0 radical (unpaired) electrons. The van der Waals surface area contributed by atoms with Gasteiger partial charge in [0.05, 0.1) is 23.2 Å². The second-order valence-electron chi connectivity index (χ2n) is 10.0. The number of amides is 2. The Balaban J connectivity index is 1.28. The van der Waals surface area contributed by atoms with Crippen molar-refractivity contribution < 1.29 is 27.9 Å². The van der Waals surface area contributed by atoms with Gasteiger partial charge in [-0.25, -0.2) is 9.37 Å². The summed E-state index contributed by atoms with van der Waals surface area (Å²) in [5.41, 5.74) is -1.39. The number of hydrogen-bond acceptors (Lipinski definition) is 6. The molecular weight excluding hydrogens is 527 g/mol. The number of hydrogen-bond donors (Lipinski definition) is 3. The third-order valence-corrected chi connectivity index (χ3v) is 7.79. The number of aryl methyl sites for hydroxylation is 2. The fourth-order valence-electron chi connectivity index (χ4n) is 5.74. The predicted molar refractivity (Wildman–Crippen MR) is 130 cm³/mol. The maximum absolute atomic E-state index is 15.1. The molecule has 0 spiro atoms. The van der Waals surface area contributed by atoms with Crippen LogP contribution < -0.4 is 10.6 Å². The molecule has 3 N–H and O–H groups in total. The number of aliphatic hydroxyl groups is 1. The van der Waals surface area contributed by atoms with Crippen LogP contribution in [0.1, 0.15) is 47.8 Å². The standard InChI is InChI=1S/C24H25ClF3N7O3/c1-34-11-29-19(20(34)21(36)31-15-3-4-17(26)16(25)7-15)12-5-13-8-23(38,9-14(13)6-12)24(27,28)22(37)32-18-10-30-35(2)33-18/h3-4,7,10-14,38H,5-6,8-9H2,1-2H3,(H,31,36)(H,32,33,37). The van der Waals surface area contributed by atoms with Crippen LogP contribution in [-0.4, -0.2) is 53.0 Å². The number of halogens is 4. The normalized spacial score (nSPS) is 24.9. The first-order valence-electron chi connectivity index (χ1n) is 11.9. The highest BCUT2D eigenvalue weighted by atomic mass is 35.5. The van der Waals surface area contributed by atoms with Crippen molar-refractivity contribution in [2.45, 2.75) is 43.1 Å². The molecule has 38 heavy (non-hydrogen) atoms. The zero-order valence-electron chi connectivity index (χ0n) is 20.5. The molecule has 2 atom stereocenters.